The van der Waals surface area contributed by atoms with Crippen molar-refractivity contribution < 1.29 is 12.8 Å². The Balaban J connectivity index is 1.87. The number of piperazine rings is 1. The maximum atomic E-state index is 13.1. The molecule has 8 heteroatoms. The minimum Gasteiger partial charge on any atom is -0.367 e. The van der Waals surface area contributed by atoms with Gasteiger partial charge in [0.15, 0.2) is 0 Å². The van der Waals surface area contributed by atoms with Crippen molar-refractivity contribution in [2.24, 2.45) is 0 Å². The molecule has 0 aromatic heterocycles. The Morgan fingerprint density at radius 1 is 1.08 bits per heavy atom. The second kappa shape index (κ2) is 7.82. The van der Waals surface area contributed by atoms with Crippen LogP contribution in [0.5, 0.6) is 0 Å². The molecular formula is C18H21ClFN3O2S. The van der Waals surface area contributed by atoms with Crippen LogP contribution in [0.4, 0.5) is 15.8 Å². The maximum absolute atomic E-state index is 13.1. The molecule has 0 radical (unpaired) electrons. The lowest BCUT2D eigenvalue weighted by atomic mass is 10.2. The monoisotopic (exact) mass is 397 g/mol. The molecule has 0 bridgehead atoms. The van der Waals surface area contributed by atoms with Gasteiger partial charge in [-0.05, 0) is 49.0 Å². The number of hydrogen-bond acceptors (Lipinski definition) is 4. The number of benzene rings is 2. The molecule has 1 aliphatic rings. The number of nitrogens with one attached hydrogen (secondary N) is 1. The summed E-state index contributed by atoms with van der Waals surface area (Å²) < 4.78 is 41.0. The van der Waals surface area contributed by atoms with Crippen molar-refractivity contribution in [3.8, 4) is 0 Å². The fraction of sp³-hybridized carbons (Fsp3) is 0.333. The first kappa shape index (κ1) is 18.9. The van der Waals surface area contributed by atoms with E-state index in [1.807, 2.05) is 6.07 Å². The summed E-state index contributed by atoms with van der Waals surface area (Å²) in [4.78, 5) is 4.49. The van der Waals surface area contributed by atoms with Crippen LogP contribution in [0.15, 0.2) is 47.4 Å². The van der Waals surface area contributed by atoms with Gasteiger partial charge in [0.05, 0.1) is 16.3 Å². The Morgan fingerprint density at radius 3 is 2.35 bits per heavy atom. The molecule has 2 aromatic carbocycles. The molecule has 0 spiro atoms. The molecule has 3 rings (SSSR count). The molecule has 2 aromatic rings. The highest BCUT2D eigenvalue weighted by atomic mass is 35.5. The van der Waals surface area contributed by atoms with E-state index in [0.717, 1.165) is 50.5 Å². The van der Waals surface area contributed by atoms with Gasteiger partial charge in [0.1, 0.15) is 5.82 Å². The third kappa shape index (κ3) is 4.28. The highest BCUT2D eigenvalue weighted by Gasteiger charge is 2.22. The summed E-state index contributed by atoms with van der Waals surface area (Å²) in [5.41, 5.74) is 1.21. The Morgan fingerprint density at radius 2 is 1.73 bits per heavy atom. The van der Waals surface area contributed by atoms with Crippen molar-refractivity contribution in [1.82, 2.24) is 4.90 Å². The van der Waals surface area contributed by atoms with Gasteiger partial charge in [0, 0.05) is 31.2 Å². The number of rotatable bonds is 5. The summed E-state index contributed by atoms with van der Waals surface area (Å²) >= 11 is 6.09. The van der Waals surface area contributed by atoms with E-state index >= 15 is 0 Å². The molecule has 0 unspecified atom stereocenters. The highest BCUT2D eigenvalue weighted by Crippen LogP contribution is 2.31. The van der Waals surface area contributed by atoms with Gasteiger partial charge in [-0.25, -0.2) is 12.8 Å². The molecule has 5 nitrogen and oxygen atoms in total. The van der Waals surface area contributed by atoms with Crippen LogP contribution in [0, 0.1) is 5.82 Å². The van der Waals surface area contributed by atoms with Crippen LogP contribution in [0.2, 0.25) is 5.02 Å². The van der Waals surface area contributed by atoms with E-state index in [-0.39, 0.29) is 4.90 Å². The zero-order chi connectivity index (χ0) is 18.7. The van der Waals surface area contributed by atoms with E-state index in [1.54, 1.807) is 12.1 Å². The summed E-state index contributed by atoms with van der Waals surface area (Å²) in [5.74, 6) is -0.485. The average Bonchev–Trinajstić information content (AvgIpc) is 2.62. The molecule has 0 atom stereocenters. The topological polar surface area (TPSA) is 52.6 Å². The van der Waals surface area contributed by atoms with Crippen molar-refractivity contribution in [3.63, 3.8) is 0 Å². The Kier molecular flexibility index (Phi) is 5.70. The van der Waals surface area contributed by atoms with Crippen LogP contribution < -0.4 is 9.62 Å². The number of hydrogen-bond donors (Lipinski definition) is 1. The summed E-state index contributed by atoms with van der Waals surface area (Å²) in [6.45, 7) is 6.58. The van der Waals surface area contributed by atoms with Crippen molar-refractivity contribution >= 4 is 33.0 Å². The Bertz CT molecular complexity index is 867. The van der Waals surface area contributed by atoms with Crippen LogP contribution in [0.3, 0.4) is 0 Å². The minimum absolute atomic E-state index is 0.000581. The number of halogens is 2. The lowest BCUT2D eigenvalue weighted by molar-refractivity contribution is 0.271. The predicted molar refractivity (Wildman–Crippen MR) is 103 cm³/mol. The van der Waals surface area contributed by atoms with Gasteiger partial charge >= 0.3 is 0 Å². The number of anilines is 2. The third-order valence-electron chi connectivity index (χ3n) is 4.49. The van der Waals surface area contributed by atoms with Crippen LogP contribution in [-0.2, 0) is 10.0 Å². The van der Waals surface area contributed by atoms with Gasteiger partial charge in [-0.2, -0.15) is 0 Å². The van der Waals surface area contributed by atoms with Gasteiger partial charge in [0.25, 0.3) is 10.0 Å². The van der Waals surface area contributed by atoms with Crippen molar-refractivity contribution in [3.05, 3.63) is 53.3 Å². The van der Waals surface area contributed by atoms with Crippen LogP contribution in [0.1, 0.15) is 6.92 Å². The molecule has 0 aliphatic carbocycles. The molecule has 26 heavy (non-hydrogen) atoms. The molecule has 1 fully saturated rings. The SMILES string of the molecule is CCN1CCN(c2ccc(Cl)cc2NS(=O)(=O)c2ccc(F)cc2)CC1. The molecular weight excluding hydrogens is 377 g/mol. The first-order valence-corrected chi connectivity index (χ1v) is 10.3. The lowest BCUT2D eigenvalue weighted by Crippen LogP contribution is -2.46. The minimum atomic E-state index is -3.84. The molecule has 1 saturated heterocycles. The molecule has 1 N–H and O–H groups in total. The van der Waals surface area contributed by atoms with Gasteiger partial charge in [-0.3, -0.25) is 4.72 Å². The van der Waals surface area contributed by atoms with Crippen LogP contribution in [-0.4, -0.2) is 46.0 Å². The second-order valence-corrected chi connectivity index (χ2v) is 8.26. The lowest BCUT2D eigenvalue weighted by Gasteiger charge is -2.36. The fourth-order valence-corrected chi connectivity index (χ4v) is 4.23. The smallest absolute Gasteiger partial charge is 0.261 e. The number of likely N-dealkylation sites (N-methyl/N-ethyl adjacent to an activating group) is 1. The standard InChI is InChI=1S/C18H21ClFN3O2S/c1-2-22-9-11-23(12-10-22)18-8-3-14(19)13-17(18)21-26(24,25)16-6-4-15(20)5-7-16/h3-8,13,21H,2,9-12H2,1H3. The maximum Gasteiger partial charge on any atom is 0.261 e. The molecule has 0 saturated carbocycles. The van der Waals surface area contributed by atoms with E-state index < -0.39 is 15.8 Å². The quantitative estimate of drug-likeness (QED) is 0.839. The molecule has 140 valence electrons. The van der Waals surface area contributed by atoms with Gasteiger partial charge in [-0.15, -0.1) is 0 Å². The van der Waals surface area contributed by atoms with E-state index in [4.69, 9.17) is 11.6 Å². The summed E-state index contributed by atoms with van der Waals surface area (Å²) in [6, 6.07) is 9.90. The zero-order valence-corrected chi connectivity index (χ0v) is 16.0. The van der Waals surface area contributed by atoms with Crippen LogP contribution in [0.25, 0.3) is 0 Å². The van der Waals surface area contributed by atoms with E-state index in [1.165, 1.54) is 12.1 Å². The Labute approximate surface area is 158 Å². The zero-order valence-electron chi connectivity index (χ0n) is 14.5. The third-order valence-corrected chi connectivity index (χ3v) is 6.10. The van der Waals surface area contributed by atoms with Crippen molar-refractivity contribution in [2.75, 3.05) is 42.3 Å². The first-order chi connectivity index (χ1) is 12.4. The average molecular weight is 398 g/mol. The van der Waals surface area contributed by atoms with Crippen molar-refractivity contribution in [1.29, 1.82) is 0 Å². The second-order valence-electron chi connectivity index (χ2n) is 6.14. The predicted octanol–water partition coefficient (Wildman–Crippen LogP) is 3.42. The largest absolute Gasteiger partial charge is 0.367 e. The van der Waals surface area contributed by atoms with Crippen LogP contribution >= 0.6 is 11.6 Å². The first-order valence-electron chi connectivity index (χ1n) is 8.44. The summed E-state index contributed by atoms with van der Waals surface area (Å²) in [7, 11) is -3.84. The molecule has 1 heterocycles. The van der Waals surface area contributed by atoms with E-state index in [0.29, 0.717) is 10.7 Å². The van der Waals surface area contributed by atoms with Gasteiger partial charge < -0.3 is 9.80 Å². The van der Waals surface area contributed by atoms with Crippen molar-refractivity contribution in [2.45, 2.75) is 11.8 Å². The van der Waals surface area contributed by atoms with E-state index in [2.05, 4.69) is 21.4 Å². The molecule has 0 amide bonds. The normalized spacial score (nSPS) is 15.9. The fourth-order valence-electron chi connectivity index (χ4n) is 2.99. The Hall–Kier alpha value is -1.83. The molecule has 1 aliphatic heterocycles. The van der Waals surface area contributed by atoms with Gasteiger partial charge in [0.2, 0.25) is 0 Å². The number of nitrogens with zero attached hydrogens (tertiary/aromatic N) is 2. The van der Waals surface area contributed by atoms with E-state index in [9.17, 15) is 12.8 Å². The summed E-state index contributed by atoms with van der Waals surface area (Å²) in [5, 5.41) is 0.442. The number of sulfonamides is 1. The summed E-state index contributed by atoms with van der Waals surface area (Å²) in [6.07, 6.45) is 0. The van der Waals surface area contributed by atoms with Gasteiger partial charge in [-0.1, -0.05) is 18.5 Å². The highest BCUT2D eigenvalue weighted by molar-refractivity contribution is 7.92.